The monoisotopic (exact) mass is 403 g/mol. The van der Waals surface area contributed by atoms with Gasteiger partial charge in [0.15, 0.2) is 0 Å². The van der Waals surface area contributed by atoms with Gasteiger partial charge in [-0.2, -0.15) is 0 Å². The van der Waals surface area contributed by atoms with Crippen molar-refractivity contribution in [3.63, 3.8) is 0 Å². The molecule has 0 rings (SSSR count). The Morgan fingerprint density at radius 2 is 1.19 bits per heavy atom. The molecule has 0 aromatic carbocycles. The molecule has 0 aromatic rings. The van der Waals surface area contributed by atoms with Crippen molar-refractivity contribution in [2.75, 3.05) is 13.1 Å². The van der Waals surface area contributed by atoms with Crippen molar-refractivity contribution >= 4 is 18.4 Å². The fourth-order valence-electron chi connectivity index (χ4n) is 3.18. The van der Waals surface area contributed by atoms with E-state index in [1.165, 1.54) is 57.9 Å². The van der Waals surface area contributed by atoms with Crippen LogP contribution < -0.4 is 5.32 Å². The van der Waals surface area contributed by atoms with E-state index in [0.29, 0.717) is 0 Å². The van der Waals surface area contributed by atoms with Gasteiger partial charge in [0.05, 0.1) is 0 Å². The first-order valence-electron chi connectivity index (χ1n) is 9.55. The van der Waals surface area contributed by atoms with Gasteiger partial charge in [-0.1, -0.05) is 0 Å². The Kier molecular flexibility index (Phi) is 14.4. The summed E-state index contributed by atoms with van der Waals surface area (Å²) in [4.78, 5) is 0. The van der Waals surface area contributed by atoms with Crippen LogP contribution in [0.5, 0.6) is 0 Å². The third-order valence-electron chi connectivity index (χ3n) is 4.82. The number of unbranched alkanes of at least 4 members (excludes halogenated alkanes) is 4. The van der Waals surface area contributed by atoms with Gasteiger partial charge in [0.25, 0.3) is 0 Å². The summed E-state index contributed by atoms with van der Waals surface area (Å²) in [5.41, 5.74) is 0. The molecule has 0 saturated carbocycles. The molecule has 0 amide bonds. The van der Waals surface area contributed by atoms with E-state index in [9.17, 15) is 0 Å². The Hall–Kier alpha value is 0.499. The second kappa shape index (κ2) is 14.1. The van der Waals surface area contributed by atoms with E-state index < -0.39 is 18.4 Å². The first-order chi connectivity index (χ1) is 10.2. The molecule has 0 saturated heterocycles. The quantitative estimate of drug-likeness (QED) is 0.250. The van der Waals surface area contributed by atoms with Gasteiger partial charge in [0.2, 0.25) is 0 Å². The zero-order chi connectivity index (χ0) is 16.0. The molecule has 126 valence electrons. The van der Waals surface area contributed by atoms with E-state index in [-0.39, 0.29) is 0 Å². The number of hydrogen-bond acceptors (Lipinski definition) is 1. The average molecular weight is 402 g/mol. The summed E-state index contributed by atoms with van der Waals surface area (Å²) in [6, 6.07) is 0. The molecule has 0 spiro atoms. The first-order valence-corrected chi connectivity index (χ1v) is 17.0. The standard InChI is InChI=1S/C7H14N.3C4H9.Sn/c1-3-5-7-8-6-4-2;3*1-3-4-2;/h8H,2-3,5-7H2,1H3;3*1,3-4H2,2H3;. The zero-order valence-electron chi connectivity index (χ0n) is 15.4. The molecule has 0 aliphatic heterocycles. The van der Waals surface area contributed by atoms with Gasteiger partial charge in [0.1, 0.15) is 0 Å². The molecule has 0 unspecified atom stereocenters. The summed E-state index contributed by atoms with van der Waals surface area (Å²) >= 11 is -2.14. The summed E-state index contributed by atoms with van der Waals surface area (Å²) in [6.45, 7) is 16.2. The van der Waals surface area contributed by atoms with E-state index in [1.807, 2.05) is 0 Å². The van der Waals surface area contributed by atoms with E-state index >= 15 is 0 Å². The Morgan fingerprint density at radius 1 is 0.762 bits per heavy atom. The topological polar surface area (TPSA) is 12.0 Å². The zero-order valence-corrected chi connectivity index (χ0v) is 18.3. The predicted molar refractivity (Wildman–Crippen MR) is 102 cm³/mol. The summed E-state index contributed by atoms with van der Waals surface area (Å²) in [5, 5.41) is 3.67. The molecule has 0 aliphatic carbocycles. The first kappa shape index (κ1) is 21.5. The predicted octanol–water partition coefficient (Wildman–Crippen LogP) is 6.32. The number of nitrogens with one attached hydrogen (secondary N) is 1. The van der Waals surface area contributed by atoms with Crippen LogP contribution >= 0.6 is 0 Å². The van der Waals surface area contributed by atoms with Crippen LogP contribution in [-0.2, 0) is 0 Å². The summed E-state index contributed by atoms with van der Waals surface area (Å²) in [7, 11) is 0. The van der Waals surface area contributed by atoms with Gasteiger partial charge < -0.3 is 0 Å². The van der Waals surface area contributed by atoms with Crippen molar-refractivity contribution in [2.45, 2.75) is 92.4 Å². The molecular formula is C19H41NSn. The van der Waals surface area contributed by atoms with Crippen molar-refractivity contribution < 1.29 is 0 Å². The molecule has 0 bridgehead atoms. The Bertz CT molecular complexity index is 228. The molecular weight excluding hydrogens is 361 g/mol. The third kappa shape index (κ3) is 9.28. The maximum absolute atomic E-state index is 4.61. The summed E-state index contributed by atoms with van der Waals surface area (Å²) in [5.74, 6) is 0. The van der Waals surface area contributed by atoms with Crippen LogP contribution in [0.2, 0.25) is 13.3 Å². The third-order valence-corrected chi connectivity index (χ3v) is 20.8. The maximum atomic E-state index is 4.61. The van der Waals surface area contributed by atoms with Crippen LogP contribution in [0.3, 0.4) is 0 Å². The van der Waals surface area contributed by atoms with Crippen molar-refractivity contribution in [3.05, 3.63) is 10.2 Å². The summed E-state index contributed by atoms with van der Waals surface area (Å²) < 4.78 is 6.36. The Balaban J connectivity index is 4.70. The number of rotatable bonds is 15. The van der Waals surface area contributed by atoms with Crippen molar-refractivity contribution in [1.82, 2.24) is 5.32 Å². The van der Waals surface area contributed by atoms with Crippen LogP contribution in [0, 0.1) is 0 Å². The molecule has 2 heteroatoms. The van der Waals surface area contributed by atoms with Crippen LogP contribution in [0.1, 0.15) is 79.1 Å². The van der Waals surface area contributed by atoms with E-state index in [4.69, 9.17) is 0 Å². The average Bonchev–Trinajstić information content (AvgIpc) is 2.51. The van der Waals surface area contributed by atoms with Gasteiger partial charge in [-0.3, -0.25) is 0 Å². The van der Waals surface area contributed by atoms with Crippen LogP contribution in [0.4, 0.5) is 0 Å². The van der Waals surface area contributed by atoms with Gasteiger partial charge in [-0.25, -0.2) is 0 Å². The minimum absolute atomic E-state index is 1.12. The molecule has 0 fully saturated rings. The van der Waals surface area contributed by atoms with Crippen LogP contribution in [-0.4, -0.2) is 31.5 Å². The Morgan fingerprint density at radius 3 is 1.57 bits per heavy atom. The van der Waals surface area contributed by atoms with Gasteiger partial charge in [-0.05, 0) is 0 Å². The second-order valence-electron chi connectivity index (χ2n) is 6.72. The van der Waals surface area contributed by atoms with Crippen LogP contribution in [0.25, 0.3) is 0 Å². The molecule has 21 heavy (non-hydrogen) atoms. The molecule has 0 atom stereocenters. The van der Waals surface area contributed by atoms with E-state index in [0.717, 1.165) is 6.54 Å². The van der Waals surface area contributed by atoms with Gasteiger partial charge in [-0.15, -0.1) is 0 Å². The van der Waals surface area contributed by atoms with Gasteiger partial charge >= 0.3 is 139 Å². The normalized spacial score (nSPS) is 11.8. The fraction of sp³-hybridized carbons (Fsp3) is 0.895. The molecule has 0 radical (unpaired) electrons. The van der Waals surface area contributed by atoms with Crippen molar-refractivity contribution in [2.24, 2.45) is 0 Å². The van der Waals surface area contributed by atoms with Gasteiger partial charge in [0, 0.05) is 0 Å². The van der Waals surface area contributed by atoms with Crippen molar-refractivity contribution in [3.8, 4) is 0 Å². The fourth-order valence-corrected chi connectivity index (χ4v) is 18.6. The molecule has 0 aliphatic rings. The van der Waals surface area contributed by atoms with Crippen LogP contribution in [0.15, 0.2) is 10.2 Å². The van der Waals surface area contributed by atoms with E-state index in [2.05, 4.69) is 39.6 Å². The molecule has 0 heterocycles. The molecule has 0 aromatic heterocycles. The van der Waals surface area contributed by atoms with E-state index in [1.54, 1.807) is 16.9 Å². The number of hydrogen-bond donors (Lipinski definition) is 1. The SMILES string of the molecule is C=[C](CNCCCC)[Sn]([CH2]CCC)([CH2]CCC)[CH2]CCC. The second-order valence-corrected chi connectivity index (χ2v) is 20.3. The Labute approximate surface area is 139 Å². The molecule has 1 nitrogen and oxygen atoms in total. The van der Waals surface area contributed by atoms with Crippen molar-refractivity contribution in [1.29, 1.82) is 0 Å². The summed E-state index contributed by atoms with van der Waals surface area (Å²) in [6.07, 6.45) is 11.0. The minimum atomic E-state index is -2.14. The molecule has 1 N–H and O–H groups in total.